The second kappa shape index (κ2) is 8.04. The first-order chi connectivity index (χ1) is 12.6. The summed E-state index contributed by atoms with van der Waals surface area (Å²) in [5.41, 5.74) is 2.93. The number of anilines is 1. The third kappa shape index (κ3) is 4.04. The van der Waals surface area contributed by atoms with Crippen molar-refractivity contribution in [2.75, 3.05) is 19.0 Å². The predicted molar refractivity (Wildman–Crippen MR) is 101 cm³/mol. The number of amides is 2. The third-order valence-electron chi connectivity index (χ3n) is 4.77. The van der Waals surface area contributed by atoms with Gasteiger partial charge in [-0.3, -0.25) is 9.59 Å². The number of carbonyl (C=O) groups is 2. The molecule has 2 amide bonds. The van der Waals surface area contributed by atoms with Crippen LogP contribution >= 0.6 is 0 Å². The van der Waals surface area contributed by atoms with E-state index in [0.717, 1.165) is 23.4 Å². The van der Waals surface area contributed by atoms with Gasteiger partial charge in [-0.05, 0) is 30.2 Å². The maximum atomic E-state index is 12.5. The average molecular weight is 352 g/mol. The van der Waals surface area contributed by atoms with Gasteiger partial charge in [0.1, 0.15) is 5.75 Å². The molecule has 5 heteroatoms. The Morgan fingerprint density at radius 3 is 2.62 bits per heavy atom. The zero-order valence-electron chi connectivity index (χ0n) is 15.2. The van der Waals surface area contributed by atoms with E-state index >= 15 is 0 Å². The minimum absolute atomic E-state index is 0.00242. The molecule has 0 bridgehead atoms. The summed E-state index contributed by atoms with van der Waals surface area (Å²) < 4.78 is 5.35. The molecule has 2 aromatic carbocycles. The summed E-state index contributed by atoms with van der Waals surface area (Å²) in [6, 6.07) is 15.4. The lowest BCUT2D eigenvalue weighted by atomic mass is 10.1. The largest absolute Gasteiger partial charge is 0.496 e. The van der Waals surface area contributed by atoms with Crippen LogP contribution in [-0.4, -0.2) is 30.4 Å². The Bertz CT molecular complexity index is 786. The average Bonchev–Trinajstić information content (AvgIpc) is 3.03. The molecule has 1 aliphatic heterocycles. The number of nitrogens with zero attached hydrogens (tertiary/aromatic N) is 1. The summed E-state index contributed by atoms with van der Waals surface area (Å²) in [6.07, 6.45) is 1.21. The van der Waals surface area contributed by atoms with Crippen molar-refractivity contribution in [3.8, 4) is 5.75 Å². The number of nitrogens with one attached hydrogen (secondary N) is 1. The molecule has 1 N–H and O–H groups in total. The lowest BCUT2D eigenvalue weighted by Crippen LogP contribution is -2.28. The SMILES string of the molecule is CCc1ccc(NC(=O)C2CC(=O)N(Cc3ccccc3OC)C2)cc1. The maximum Gasteiger partial charge on any atom is 0.229 e. The first kappa shape index (κ1) is 18.0. The van der Waals surface area contributed by atoms with Crippen LogP contribution in [0.1, 0.15) is 24.5 Å². The van der Waals surface area contributed by atoms with Gasteiger partial charge in [0.25, 0.3) is 0 Å². The van der Waals surface area contributed by atoms with Crippen molar-refractivity contribution in [3.05, 3.63) is 59.7 Å². The number of ether oxygens (including phenoxy) is 1. The molecule has 26 heavy (non-hydrogen) atoms. The fraction of sp³-hybridized carbons (Fsp3) is 0.333. The minimum atomic E-state index is -0.331. The number of likely N-dealkylation sites (tertiary alicyclic amines) is 1. The van der Waals surface area contributed by atoms with Crippen molar-refractivity contribution in [3.63, 3.8) is 0 Å². The Morgan fingerprint density at radius 1 is 1.19 bits per heavy atom. The van der Waals surface area contributed by atoms with Gasteiger partial charge in [0.2, 0.25) is 11.8 Å². The zero-order chi connectivity index (χ0) is 18.5. The highest BCUT2D eigenvalue weighted by Gasteiger charge is 2.34. The molecule has 0 saturated carbocycles. The van der Waals surface area contributed by atoms with Gasteiger partial charge in [-0.25, -0.2) is 0 Å². The highest BCUT2D eigenvalue weighted by Crippen LogP contribution is 2.25. The molecule has 1 saturated heterocycles. The summed E-state index contributed by atoms with van der Waals surface area (Å²) >= 11 is 0. The lowest BCUT2D eigenvalue weighted by molar-refractivity contribution is -0.128. The van der Waals surface area contributed by atoms with Crippen LogP contribution in [0.3, 0.4) is 0 Å². The summed E-state index contributed by atoms with van der Waals surface area (Å²) in [6.45, 7) is 2.97. The maximum absolute atomic E-state index is 12.5. The van der Waals surface area contributed by atoms with Crippen LogP contribution in [0.25, 0.3) is 0 Å². The van der Waals surface area contributed by atoms with Gasteiger partial charge in [0, 0.05) is 30.8 Å². The highest BCUT2D eigenvalue weighted by atomic mass is 16.5. The fourth-order valence-corrected chi connectivity index (χ4v) is 3.21. The van der Waals surface area contributed by atoms with Gasteiger partial charge >= 0.3 is 0 Å². The van der Waals surface area contributed by atoms with Crippen molar-refractivity contribution in [2.45, 2.75) is 26.3 Å². The second-order valence-electron chi connectivity index (χ2n) is 6.53. The van der Waals surface area contributed by atoms with Crippen molar-refractivity contribution in [1.29, 1.82) is 0 Å². The van der Waals surface area contributed by atoms with E-state index < -0.39 is 0 Å². The molecular formula is C21H24N2O3. The van der Waals surface area contributed by atoms with E-state index in [2.05, 4.69) is 12.2 Å². The fourth-order valence-electron chi connectivity index (χ4n) is 3.21. The van der Waals surface area contributed by atoms with Crippen LogP contribution in [0.15, 0.2) is 48.5 Å². The monoisotopic (exact) mass is 352 g/mol. The van der Waals surface area contributed by atoms with Gasteiger partial charge in [-0.15, -0.1) is 0 Å². The Kier molecular flexibility index (Phi) is 5.56. The Labute approximate surface area is 154 Å². The first-order valence-corrected chi connectivity index (χ1v) is 8.90. The Morgan fingerprint density at radius 2 is 1.92 bits per heavy atom. The van der Waals surface area contributed by atoms with Crippen molar-refractivity contribution >= 4 is 17.5 Å². The molecule has 0 radical (unpaired) electrons. The van der Waals surface area contributed by atoms with Crippen molar-refractivity contribution < 1.29 is 14.3 Å². The molecule has 1 aliphatic rings. The number of benzene rings is 2. The molecule has 1 atom stereocenters. The standard InChI is InChI=1S/C21H24N2O3/c1-3-15-8-10-18(11-9-15)22-21(25)17-12-20(24)23(14-17)13-16-6-4-5-7-19(16)26-2/h4-11,17H,3,12-14H2,1-2H3,(H,22,25). The molecule has 2 aromatic rings. The summed E-state index contributed by atoms with van der Waals surface area (Å²) in [5.74, 6) is 0.315. The number of methoxy groups -OCH3 is 1. The molecule has 0 aromatic heterocycles. The van der Waals surface area contributed by atoms with Gasteiger partial charge in [-0.2, -0.15) is 0 Å². The summed E-state index contributed by atoms with van der Waals surface area (Å²) in [4.78, 5) is 26.6. The number of aryl methyl sites for hydroxylation is 1. The van der Waals surface area contributed by atoms with Crippen molar-refractivity contribution in [2.24, 2.45) is 5.92 Å². The molecule has 5 nitrogen and oxygen atoms in total. The predicted octanol–water partition coefficient (Wildman–Crippen LogP) is 3.24. The molecule has 0 aliphatic carbocycles. The quantitative estimate of drug-likeness (QED) is 0.868. The molecule has 1 unspecified atom stereocenters. The van der Waals surface area contributed by atoms with Crippen LogP contribution < -0.4 is 10.1 Å². The number of carbonyl (C=O) groups excluding carboxylic acids is 2. The van der Waals surface area contributed by atoms with Crippen molar-refractivity contribution in [1.82, 2.24) is 4.90 Å². The van der Waals surface area contributed by atoms with Gasteiger partial charge < -0.3 is 15.0 Å². The number of rotatable bonds is 6. The Hall–Kier alpha value is -2.82. The van der Waals surface area contributed by atoms with E-state index in [1.807, 2.05) is 48.5 Å². The van der Waals surface area contributed by atoms with E-state index in [9.17, 15) is 9.59 Å². The normalized spacial score (nSPS) is 16.6. The van der Waals surface area contributed by atoms with Gasteiger partial charge in [-0.1, -0.05) is 37.3 Å². The van der Waals surface area contributed by atoms with Crippen LogP contribution in [0.4, 0.5) is 5.69 Å². The van der Waals surface area contributed by atoms with Crippen LogP contribution in [-0.2, 0) is 22.6 Å². The summed E-state index contributed by atoms with van der Waals surface area (Å²) in [5, 5.41) is 2.92. The smallest absolute Gasteiger partial charge is 0.229 e. The highest BCUT2D eigenvalue weighted by molar-refractivity contribution is 5.97. The number of para-hydroxylation sites is 1. The molecule has 1 heterocycles. The number of hydrogen-bond donors (Lipinski definition) is 1. The minimum Gasteiger partial charge on any atom is -0.496 e. The molecule has 0 spiro atoms. The van der Waals surface area contributed by atoms with Gasteiger partial charge in [0.15, 0.2) is 0 Å². The second-order valence-corrected chi connectivity index (χ2v) is 6.53. The lowest BCUT2D eigenvalue weighted by Gasteiger charge is -2.18. The van der Waals surface area contributed by atoms with E-state index in [-0.39, 0.29) is 24.2 Å². The van der Waals surface area contributed by atoms with Crippen LogP contribution in [0.2, 0.25) is 0 Å². The van der Waals surface area contributed by atoms with E-state index in [1.54, 1.807) is 12.0 Å². The molecule has 3 rings (SSSR count). The number of hydrogen-bond acceptors (Lipinski definition) is 3. The van der Waals surface area contributed by atoms with E-state index in [4.69, 9.17) is 4.74 Å². The summed E-state index contributed by atoms with van der Waals surface area (Å²) in [7, 11) is 1.62. The van der Waals surface area contributed by atoms with E-state index in [1.165, 1.54) is 5.56 Å². The van der Waals surface area contributed by atoms with Gasteiger partial charge in [0.05, 0.1) is 13.0 Å². The Balaban J connectivity index is 1.62. The third-order valence-corrected chi connectivity index (χ3v) is 4.77. The first-order valence-electron chi connectivity index (χ1n) is 8.90. The molecule has 136 valence electrons. The van der Waals surface area contributed by atoms with Crippen LogP contribution in [0, 0.1) is 5.92 Å². The molecular weight excluding hydrogens is 328 g/mol. The topological polar surface area (TPSA) is 58.6 Å². The van der Waals surface area contributed by atoms with E-state index in [0.29, 0.717) is 13.1 Å². The zero-order valence-corrected chi connectivity index (χ0v) is 15.2. The molecule has 1 fully saturated rings. The van der Waals surface area contributed by atoms with Crippen LogP contribution in [0.5, 0.6) is 5.75 Å².